The molecular weight excluding hydrogens is 288 g/mol. The summed E-state index contributed by atoms with van der Waals surface area (Å²) in [6, 6.07) is 5.86. The highest BCUT2D eigenvalue weighted by atomic mass is 16.1. The number of hydrogen-bond acceptors (Lipinski definition) is 4. The van der Waals surface area contributed by atoms with E-state index in [0.717, 1.165) is 40.5 Å². The Morgan fingerprint density at radius 2 is 2.09 bits per heavy atom. The molecule has 0 saturated carbocycles. The molecule has 1 aliphatic heterocycles. The Morgan fingerprint density at radius 3 is 2.83 bits per heavy atom. The third-order valence-electron chi connectivity index (χ3n) is 4.74. The van der Waals surface area contributed by atoms with Crippen LogP contribution in [0.1, 0.15) is 49.6 Å². The number of nitrogens with one attached hydrogen (secondary N) is 2. The van der Waals surface area contributed by atoms with Gasteiger partial charge in [0.1, 0.15) is 0 Å². The summed E-state index contributed by atoms with van der Waals surface area (Å²) in [7, 11) is 0. The van der Waals surface area contributed by atoms with Crippen molar-refractivity contribution in [3.63, 3.8) is 0 Å². The highest BCUT2D eigenvalue weighted by Gasteiger charge is 2.42. The molecule has 2 aromatic rings. The van der Waals surface area contributed by atoms with E-state index in [9.17, 15) is 4.79 Å². The number of allylic oxidation sites excluding steroid dienone is 2. The maximum absolute atomic E-state index is 12.9. The molecule has 0 bridgehead atoms. The Hall–Kier alpha value is -2.43. The molecule has 1 atom stereocenters. The zero-order valence-electron chi connectivity index (χ0n) is 13.6. The van der Waals surface area contributed by atoms with Gasteiger partial charge in [-0.05, 0) is 30.9 Å². The highest BCUT2D eigenvalue weighted by molar-refractivity contribution is 6.01. The Balaban J connectivity index is 1.94. The SMILES string of the molecule is Cc1[nH]nc2c1[C@@H](c1ccccn1)C1=C(CC(C)(C)CC1=O)N2. The van der Waals surface area contributed by atoms with Gasteiger partial charge in [-0.15, -0.1) is 0 Å². The van der Waals surface area contributed by atoms with Crippen molar-refractivity contribution >= 4 is 11.6 Å². The van der Waals surface area contributed by atoms with Gasteiger partial charge in [0.05, 0.1) is 11.6 Å². The van der Waals surface area contributed by atoms with E-state index >= 15 is 0 Å². The Labute approximate surface area is 135 Å². The number of ketones is 1. The van der Waals surface area contributed by atoms with Crippen molar-refractivity contribution in [3.05, 3.63) is 52.6 Å². The number of pyridine rings is 1. The van der Waals surface area contributed by atoms with Crippen LogP contribution in [-0.4, -0.2) is 21.0 Å². The molecule has 4 rings (SSSR count). The molecule has 5 nitrogen and oxygen atoms in total. The van der Waals surface area contributed by atoms with Crippen molar-refractivity contribution < 1.29 is 4.79 Å². The Bertz CT molecular complexity index is 817. The number of anilines is 1. The van der Waals surface area contributed by atoms with E-state index in [1.165, 1.54) is 0 Å². The minimum absolute atomic E-state index is 0.0273. The van der Waals surface area contributed by atoms with Crippen LogP contribution in [-0.2, 0) is 4.79 Å². The second kappa shape index (κ2) is 4.78. The fourth-order valence-corrected chi connectivity index (χ4v) is 3.80. The normalized spacial score (nSPS) is 22.4. The molecule has 5 heteroatoms. The molecule has 0 spiro atoms. The minimum Gasteiger partial charge on any atom is -0.342 e. The Morgan fingerprint density at radius 1 is 1.26 bits per heavy atom. The summed E-state index contributed by atoms with van der Waals surface area (Å²) in [4.78, 5) is 17.4. The minimum atomic E-state index is -0.134. The molecule has 23 heavy (non-hydrogen) atoms. The molecule has 0 aromatic carbocycles. The fourth-order valence-electron chi connectivity index (χ4n) is 3.80. The third-order valence-corrected chi connectivity index (χ3v) is 4.74. The van der Waals surface area contributed by atoms with Crippen molar-refractivity contribution in [2.45, 2.75) is 39.5 Å². The third kappa shape index (κ3) is 2.19. The lowest BCUT2D eigenvalue weighted by Gasteiger charge is -2.37. The van der Waals surface area contributed by atoms with Crippen LogP contribution in [0.25, 0.3) is 0 Å². The van der Waals surface area contributed by atoms with Crippen molar-refractivity contribution in [2.75, 3.05) is 5.32 Å². The number of aryl methyl sites for hydroxylation is 1. The summed E-state index contributed by atoms with van der Waals surface area (Å²) in [6.45, 7) is 6.27. The molecule has 1 aliphatic carbocycles. The Kier molecular flexibility index (Phi) is 2.95. The van der Waals surface area contributed by atoms with Crippen molar-refractivity contribution in [1.82, 2.24) is 15.2 Å². The van der Waals surface area contributed by atoms with Crippen LogP contribution in [0.4, 0.5) is 5.82 Å². The van der Waals surface area contributed by atoms with Crippen LogP contribution in [0.2, 0.25) is 0 Å². The molecule has 0 saturated heterocycles. The molecule has 2 N–H and O–H groups in total. The smallest absolute Gasteiger partial charge is 0.162 e. The summed E-state index contributed by atoms with van der Waals surface area (Å²) in [5.41, 5.74) is 4.75. The van der Waals surface area contributed by atoms with Gasteiger partial charge in [-0.2, -0.15) is 5.10 Å². The number of carbonyl (C=O) groups excluding carboxylic acids is 1. The summed E-state index contributed by atoms with van der Waals surface area (Å²) < 4.78 is 0. The maximum atomic E-state index is 12.9. The average molecular weight is 308 g/mol. The van der Waals surface area contributed by atoms with Crippen LogP contribution < -0.4 is 5.32 Å². The van der Waals surface area contributed by atoms with Crippen LogP contribution in [0.5, 0.6) is 0 Å². The average Bonchev–Trinajstić information content (AvgIpc) is 2.86. The van der Waals surface area contributed by atoms with Gasteiger partial charge in [-0.25, -0.2) is 0 Å². The van der Waals surface area contributed by atoms with E-state index in [2.05, 4.69) is 34.3 Å². The lowest BCUT2D eigenvalue weighted by atomic mass is 9.70. The predicted octanol–water partition coefficient (Wildman–Crippen LogP) is 3.31. The summed E-state index contributed by atoms with van der Waals surface area (Å²) in [6.07, 6.45) is 3.20. The van der Waals surface area contributed by atoms with Gasteiger partial charge >= 0.3 is 0 Å². The second-order valence-electron chi connectivity index (χ2n) is 7.26. The van der Waals surface area contributed by atoms with Gasteiger partial charge in [-0.1, -0.05) is 19.9 Å². The van der Waals surface area contributed by atoms with E-state index in [1.807, 2.05) is 25.1 Å². The van der Waals surface area contributed by atoms with Crippen LogP contribution >= 0.6 is 0 Å². The van der Waals surface area contributed by atoms with Gasteiger partial charge < -0.3 is 5.32 Å². The molecule has 2 aliphatic rings. The number of hydrogen-bond donors (Lipinski definition) is 2. The van der Waals surface area contributed by atoms with Crippen LogP contribution in [0, 0.1) is 12.3 Å². The lowest BCUT2D eigenvalue weighted by Crippen LogP contribution is -2.34. The van der Waals surface area contributed by atoms with Crippen molar-refractivity contribution in [1.29, 1.82) is 0 Å². The highest BCUT2D eigenvalue weighted by Crippen LogP contribution is 2.48. The molecule has 0 unspecified atom stereocenters. The molecule has 2 aromatic heterocycles. The number of rotatable bonds is 1. The molecule has 0 fully saturated rings. The first-order chi connectivity index (χ1) is 11.0. The number of nitrogens with zero attached hydrogens (tertiary/aromatic N) is 2. The second-order valence-corrected chi connectivity index (χ2v) is 7.26. The van der Waals surface area contributed by atoms with Gasteiger partial charge in [0, 0.05) is 35.1 Å². The number of fused-ring (bicyclic) bond motifs is 1. The van der Waals surface area contributed by atoms with E-state index in [-0.39, 0.29) is 17.1 Å². The van der Waals surface area contributed by atoms with Gasteiger partial charge in [0.2, 0.25) is 0 Å². The van der Waals surface area contributed by atoms with Crippen molar-refractivity contribution in [2.24, 2.45) is 5.41 Å². The van der Waals surface area contributed by atoms with Crippen LogP contribution in [0.15, 0.2) is 35.7 Å². The quantitative estimate of drug-likeness (QED) is 0.848. The van der Waals surface area contributed by atoms with Gasteiger partial charge in [0.15, 0.2) is 11.6 Å². The van der Waals surface area contributed by atoms with E-state index in [4.69, 9.17) is 0 Å². The van der Waals surface area contributed by atoms with E-state index < -0.39 is 0 Å². The predicted molar refractivity (Wildman–Crippen MR) is 88.1 cm³/mol. The van der Waals surface area contributed by atoms with Crippen LogP contribution in [0.3, 0.4) is 0 Å². The number of Topliss-reactive ketones (excluding diaryl/α,β-unsaturated/α-hetero) is 1. The largest absolute Gasteiger partial charge is 0.342 e. The van der Waals surface area contributed by atoms with Gasteiger partial charge in [0.25, 0.3) is 0 Å². The molecule has 0 radical (unpaired) electrons. The number of aromatic nitrogens is 3. The maximum Gasteiger partial charge on any atom is 0.162 e. The summed E-state index contributed by atoms with van der Waals surface area (Å²) in [5, 5.41) is 10.8. The summed E-state index contributed by atoms with van der Waals surface area (Å²) >= 11 is 0. The molecular formula is C18H20N4O. The lowest BCUT2D eigenvalue weighted by molar-refractivity contribution is -0.118. The first kappa shape index (κ1) is 14.2. The molecule has 118 valence electrons. The first-order valence-electron chi connectivity index (χ1n) is 7.95. The summed E-state index contributed by atoms with van der Waals surface area (Å²) in [5.74, 6) is 0.901. The van der Waals surface area contributed by atoms with E-state index in [1.54, 1.807) is 6.20 Å². The fraction of sp³-hybridized carbons (Fsp3) is 0.389. The molecule has 0 amide bonds. The number of carbonyl (C=O) groups is 1. The topological polar surface area (TPSA) is 70.7 Å². The molecule has 3 heterocycles. The number of aromatic amines is 1. The monoisotopic (exact) mass is 308 g/mol. The van der Waals surface area contributed by atoms with E-state index in [0.29, 0.717) is 6.42 Å². The number of H-pyrrole nitrogens is 1. The standard InChI is InChI=1S/C18H20N4O/c1-10-14-16(11-6-4-5-7-19-11)15-12(20-17(14)22-21-10)8-18(2,3)9-13(15)23/h4-7,16H,8-9H2,1-3H3,(H2,20,21,22)/t16-/m1/s1. The zero-order chi connectivity index (χ0) is 16.2. The first-order valence-corrected chi connectivity index (χ1v) is 7.95. The van der Waals surface area contributed by atoms with Crippen molar-refractivity contribution in [3.8, 4) is 0 Å². The zero-order valence-corrected chi connectivity index (χ0v) is 13.6. The van der Waals surface area contributed by atoms with Gasteiger partial charge in [-0.3, -0.25) is 14.9 Å².